The van der Waals surface area contributed by atoms with Crippen LogP contribution in [-0.4, -0.2) is 36.8 Å². The maximum atomic E-state index is 12.2. The second kappa shape index (κ2) is 6.52. The highest BCUT2D eigenvalue weighted by molar-refractivity contribution is 5.94. The first kappa shape index (κ1) is 16.7. The van der Waals surface area contributed by atoms with Gasteiger partial charge in [-0.2, -0.15) is 0 Å². The Balaban J connectivity index is 1.84. The van der Waals surface area contributed by atoms with E-state index in [4.69, 9.17) is 10.4 Å². The number of aromatic nitrogens is 5. The van der Waals surface area contributed by atoms with Crippen molar-refractivity contribution in [2.45, 2.75) is 19.9 Å². The minimum atomic E-state index is -0.124. The summed E-state index contributed by atoms with van der Waals surface area (Å²) in [6.45, 7) is 3.83. The number of hydrogen-bond donors (Lipinski definition) is 2. The highest BCUT2D eigenvalue weighted by atomic mass is 16.6. The third-order valence-corrected chi connectivity index (χ3v) is 3.99. The summed E-state index contributed by atoms with van der Waals surface area (Å²) >= 11 is 0. The van der Waals surface area contributed by atoms with Gasteiger partial charge in [0.25, 0.3) is 5.91 Å². The fourth-order valence-electron chi connectivity index (χ4n) is 2.81. The van der Waals surface area contributed by atoms with E-state index in [1.165, 1.54) is 0 Å². The van der Waals surface area contributed by atoms with Gasteiger partial charge < -0.3 is 11.1 Å². The molecule has 0 unspecified atom stereocenters. The smallest absolute Gasteiger partial charge is 0.251 e. The van der Waals surface area contributed by atoms with Gasteiger partial charge in [-0.25, -0.2) is 9.61 Å². The summed E-state index contributed by atoms with van der Waals surface area (Å²) in [5.41, 5.74) is 9.07. The standard InChI is InChI=1S/C18H17N7O2/c1-10(2)21-18(26)11-3-5-12(6-4-11)25-14-7-8-20-9-13(14)22-17(25)15-16(19)24-27-23-15/h3-10H,1-2H3,(H2,19,24)(H,21,26). The molecule has 3 N–H and O–H groups in total. The Labute approximate surface area is 154 Å². The molecule has 4 aromatic rings. The number of nitrogen functional groups attached to an aromatic ring is 1. The SMILES string of the molecule is CC(C)NC(=O)c1ccc(-n2c(-c3nonc3N)nc3cnccc32)cc1. The summed E-state index contributed by atoms with van der Waals surface area (Å²) < 4.78 is 6.60. The van der Waals surface area contributed by atoms with E-state index in [2.05, 4.69) is 25.6 Å². The topological polar surface area (TPSA) is 125 Å². The van der Waals surface area contributed by atoms with E-state index in [-0.39, 0.29) is 17.8 Å². The Morgan fingerprint density at radius 2 is 1.96 bits per heavy atom. The summed E-state index contributed by atoms with van der Waals surface area (Å²) in [5, 5.41) is 10.4. The Bertz CT molecular complexity index is 1110. The van der Waals surface area contributed by atoms with E-state index in [1.54, 1.807) is 24.5 Å². The zero-order valence-corrected chi connectivity index (χ0v) is 14.7. The van der Waals surface area contributed by atoms with Gasteiger partial charge in [0, 0.05) is 23.5 Å². The number of nitrogens with one attached hydrogen (secondary N) is 1. The van der Waals surface area contributed by atoms with Crippen molar-refractivity contribution in [1.82, 2.24) is 30.2 Å². The minimum absolute atomic E-state index is 0.0662. The number of imidazole rings is 1. The van der Waals surface area contributed by atoms with Gasteiger partial charge in [0.2, 0.25) is 0 Å². The first-order chi connectivity index (χ1) is 13.0. The molecular formula is C18H17N7O2. The van der Waals surface area contributed by atoms with Gasteiger partial charge in [0.15, 0.2) is 17.3 Å². The number of nitrogens with zero attached hydrogens (tertiary/aromatic N) is 5. The Hall–Kier alpha value is -3.75. The van der Waals surface area contributed by atoms with E-state index >= 15 is 0 Å². The Morgan fingerprint density at radius 1 is 1.19 bits per heavy atom. The Morgan fingerprint density at radius 3 is 2.63 bits per heavy atom. The molecule has 9 nitrogen and oxygen atoms in total. The fourth-order valence-corrected chi connectivity index (χ4v) is 2.81. The number of nitrogens with two attached hydrogens (primary N) is 1. The minimum Gasteiger partial charge on any atom is -0.379 e. The van der Waals surface area contributed by atoms with Crippen LogP contribution in [0, 0.1) is 0 Å². The lowest BCUT2D eigenvalue weighted by Gasteiger charge is -2.11. The highest BCUT2D eigenvalue weighted by Crippen LogP contribution is 2.29. The highest BCUT2D eigenvalue weighted by Gasteiger charge is 2.20. The number of pyridine rings is 1. The van der Waals surface area contributed by atoms with Crippen LogP contribution in [0.25, 0.3) is 28.2 Å². The molecule has 0 saturated carbocycles. The molecule has 0 bridgehead atoms. The van der Waals surface area contributed by atoms with Gasteiger partial charge in [-0.05, 0) is 54.5 Å². The zero-order chi connectivity index (χ0) is 19.0. The molecule has 0 aliphatic rings. The van der Waals surface area contributed by atoms with Gasteiger partial charge in [-0.3, -0.25) is 14.3 Å². The van der Waals surface area contributed by atoms with E-state index in [0.717, 1.165) is 11.2 Å². The van der Waals surface area contributed by atoms with Crippen molar-refractivity contribution < 1.29 is 9.42 Å². The number of fused-ring (bicyclic) bond motifs is 1. The molecule has 0 aliphatic heterocycles. The molecule has 0 fully saturated rings. The predicted molar refractivity (Wildman–Crippen MR) is 99.2 cm³/mol. The number of carbonyl (C=O) groups excluding carboxylic acids is 1. The lowest BCUT2D eigenvalue weighted by Crippen LogP contribution is -2.29. The zero-order valence-electron chi connectivity index (χ0n) is 14.7. The second-order valence-electron chi connectivity index (χ2n) is 6.31. The number of amides is 1. The number of benzene rings is 1. The number of anilines is 1. The molecule has 0 radical (unpaired) electrons. The van der Waals surface area contributed by atoms with Crippen molar-refractivity contribution in [1.29, 1.82) is 0 Å². The van der Waals surface area contributed by atoms with Crippen molar-refractivity contribution in [3.05, 3.63) is 48.3 Å². The summed E-state index contributed by atoms with van der Waals surface area (Å²) in [6.07, 6.45) is 3.34. The maximum Gasteiger partial charge on any atom is 0.251 e. The van der Waals surface area contributed by atoms with Crippen LogP contribution in [0.5, 0.6) is 0 Å². The monoisotopic (exact) mass is 363 g/mol. The molecule has 0 saturated heterocycles. The van der Waals surface area contributed by atoms with Crippen LogP contribution in [0.2, 0.25) is 0 Å². The van der Waals surface area contributed by atoms with E-state index in [1.807, 2.05) is 36.6 Å². The van der Waals surface area contributed by atoms with Crippen LogP contribution in [0.15, 0.2) is 47.4 Å². The van der Waals surface area contributed by atoms with Gasteiger partial charge in [0.05, 0.1) is 11.7 Å². The molecule has 0 spiro atoms. The van der Waals surface area contributed by atoms with Crippen LogP contribution in [-0.2, 0) is 0 Å². The van der Waals surface area contributed by atoms with E-state index in [0.29, 0.717) is 22.6 Å². The molecule has 1 aromatic carbocycles. The Kier molecular flexibility index (Phi) is 4.03. The molecule has 136 valence electrons. The number of rotatable bonds is 4. The second-order valence-corrected chi connectivity index (χ2v) is 6.31. The average molecular weight is 363 g/mol. The van der Waals surface area contributed by atoms with Crippen molar-refractivity contribution >= 4 is 22.8 Å². The lowest BCUT2D eigenvalue weighted by atomic mass is 10.1. The molecule has 27 heavy (non-hydrogen) atoms. The fraction of sp³-hybridized carbons (Fsp3) is 0.167. The molecule has 0 atom stereocenters. The summed E-state index contributed by atoms with van der Waals surface area (Å²) in [5.74, 6) is 0.505. The molecule has 3 heterocycles. The van der Waals surface area contributed by atoms with Gasteiger partial charge in [-0.1, -0.05) is 0 Å². The van der Waals surface area contributed by atoms with Gasteiger partial charge in [0.1, 0.15) is 5.52 Å². The summed E-state index contributed by atoms with van der Waals surface area (Å²) in [7, 11) is 0. The quantitative estimate of drug-likeness (QED) is 0.569. The molecule has 3 aromatic heterocycles. The summed E-state index contributed by atoms with van der Waals surface area (Å²) in [6, 6.07) is 9.10. The lowest BCUT2D eigenvalue weighted by molar-refractivity contribution is 0.0943. The number of hydrogen-bond acceptors (Lipinski definition) is 7. The van der Waals surface area contributed by atoms with Crippen molar-refractivity contribution in [3.8, 4) is 17.2 Å². The van der Waals surface area contributed by atoms with Gasteiger partial charge >= 0.3 is 0 Å². The van der Waals surface area contributed by atoms with Crippen molar-refractivity contribution in [2.24, 2.45) is 0 Å². The average Bonchev–Trinajstić information content (AvgIpc) is 3.24. The predicted octanol–water partition coefficient (Wildman–Crippen LogP) is 2.19. The van der Waals surface area contributed by atoms with Crippen LogP contribution in [0.1, 0.15) is 24.2 Å². The number of carbonyl (C=O) groups is 1. The molecule has 4 rings (SSSR count). The maximum absolute atomic E-state index is 12.2. The molecular weight excluding hydrogens is 346 g/mol. The largest absolute Gasteiger partial charge is 0.379 e. The molecule has 0 aliphatic carbocycles. The van der Waals surface area contributed by atoms with E-state index < -0.39 is 0 Å². The summed E-state index contributed by atoms with van der Waals surface area (Å²) in [4.78, 5) is 20.9. The van der Waals surface area contributed by atoms with Crippen LogP contribution < -0.4 is 11.1 Å². The van der Waals surface area contributed by atoms with Crippen molar-refractivity contribution in [2.75, 3.05) is 5.73 Å². The van der Waals surface area contributed by atoms with Crippen molar-refractivity contribution in [3.63, 3.8) is 0 Å². The molecule has 1 amide bonds. The normalized spacial score (nSPS) is 11.2. The first-order valence-corrected chi connectivity index (χ1v) is 8.37. The molecule has 9 heteroatoms. The van der Waals surface area contributed by atoms with E-state index in [9.17, 15) is 4.79 Å². The van der Waals surface area contributed by atoms with Crippen LogP contribution in [0.4, 0.5) is 5.82 Å². The third kappa shape index (κ3) is 2.99. The van der Waals surface area contributed by atoms with Gasteiger partial charge in [-0.15, -0.1) is 0 Å². The third-order valence-electron chi connectivity index (χ3n) is 3.99. The van der Waals surface area contributed by atoms with Crippen LogP contribution >= 0.6 is 0 Å². The van der Waals surface area contributed by atoms with Crippen LogP contribution in [0.3, 0.4) is 0 Å². The first-order valence-electron chi connectivity index (χ1n) is 8.37.